The van der Waals surface area contributed by atoms with Gasteiger partial charge in [-0.2, -0.15) is 0 Å². The number of allylic oxidation sites excluding steroid dienone is 2. The van der Waals surface area contributed by atoms with E-state index in [1.165, 1.54) is 16.9 Å². The van der Waals surface area contributed by atoms with Gasteiger partial charge in [-0.3, -0.25) is 14.5 Å². The van der Waals surface area contributed by atoms with E-state index in [1.54, 1.807) is 0 Å². The number of nitrogens with one attached hydrogen (secondary N) is 1. The lowest BCUT2D eigenvalue weighted by Gasteiger charge is -2.37. The molecule has 6 atom stereocenters. The molecule has 1 aliphatic heterocycles. The number of carbonyl (C=O) groups is 2. The average molecular weight is 322 g/mol. The molecule has 1 aromatic carbocycles. The van der Waals surface area contributed by atoms with E-state index in [0.29, 0.717) is 23.7 Å². The van der Waals surface area contributed by atoms with Crippen LogP contribution < -0.4 is 5.32 Å². The second-order valence-corrected chi connectivity index (χ2v) is 7.91. The van der Waals surface area contributed by atoms with Gasteiger partial charge in [0.15, 0.2) is 0 Å². The highest BCUT2D eigenvalue weighted by molar-refractivity contribution is 6.06. The third kappa shape index (κ3) is 1.80. The Kier molecular flexibility index (Phi) is 2.80. The van der Waals surface area contributed by atoms with Gasteiger partial charge in [-0.25, -0.2) is 0 Å². The molecule has 4 heteroatoms. The van der Waals surface area contributed by atoms with Crippen LogP contribution in [0.2, 0.25) is 0 Å². The van der Waals surface area contributed by atoms with Gasteiger partial charge < -0.3 is 5.32 Å². The predicted molar refractivity (Wildman–Crippen MR) is 91.0 cm³/mol. The summed E-state index contributed by atoms with van der Waals surface area (Å²) in [6.07, 6.45) is 5.63. The van der Waals surface area contributed by atoms with Gasteiger partial charge >= 0.3 is 0 Å². The summed E-state index contributed by atoms with van der Waals surface area (Å²) >= 11 is 0. The second-order valence-electron chi connectivity index (χ2n) is 7.91. The van der Waals surface area contributed by atoms with E-state index in [1.807, 2.05) is 19.1 Å². The van der Waals surface area contributed by atoms with Crippen molar-refractivity contribution in [1.29, 1.82) is 0 Å². The first-order valence-electron chi connectivity index (χ1n) is 8.91. The van der Waals surface area contributed by atoms with Crippen molar-refractivity contribution in [3.8, 4) is 0 Å². The van der Waals surface area contributed by atoms with E-state index in [9.17, 15) is 9.59 Å². The maximum atomic E-state index is 12.9. The number of likely N-dealkylation sites (tertiary alicyclic amines) is 1. The van der Waals surface area contributed by atoms with Gasteiger partial charge in [0.05, 0.1) is 18.5 Å². The fourth-order valence-electron chi connectivity index (χ4n) is 5.35. The Morgan fingerprint density at radius 3 is 2.25 bits per heavy atom. The molecule has 2 amide bonds. The fourth-order valence-corrected chi connectivity index (χ4v) is 5.35. The van der Waals surface area contributed by atoms with Crippen molar-refractivity contribution in [2.45, 2.75) is 20.3 Å². The highest BCUT2D eigenvalue weighted by Crippen LogP contribution is 2.65. The van der Waals surface area contributed by atoms with Gasteiger partial charge in [-0.05, 0) is 55.6 Å². The zero-order valence-electron chi connectivity index (χ0n) is 14.0. The molecule has 3 fully saturated rings. The second kappa shape index (κ2) is 4.71. The minimum Gasteiger partial charge on any atom is -0.367 e. The van der Waals surface area contributed by atoms with Crippen LogP contribution in [0.25, 0.3) is 0 Å². The molecule has 6 rings (SSSR count). The Labute approximate surface area is 141 Å². The highest BCUT2D eigenvalue weighted by Gasteiger charge is 2.66. The normalized spacial score (nSPS) is 38.3. The van der Waals surface area contributed by atoms with Crippen molar-refractivity contribution in [3.63, 3.8) is 0 Å². The number of benzene rings is 1. The molecule has 0 radical (unpaired) electrons. The SMILES string of the molecule is Cc1ccc(NCN2C(=O)[C@@H]3[C@H]4C=C[C@@H]([C@@H]5C[C@@H]45)[C@@H]3C2=O)c(C)c1. The van der Waals surface area contributed by atoms with Crippen molar-refractivity contribution in [1.82, 2.24) is 4.90 Å². The summed E-state index contributed by atoms with van der Waals surface area (Å²) in [5.74, 6) is 1.78. The van der Waals surface area contributed by atoms with Crippen LogP contribution in [-0.4, -0.2) is 23.4 Å². The van der Waals surface area contributed by atoms with Gasteiger partial charge in [-0.15, -0.1) is 0 Å². The van der Waals surface area contributed by atoms with Crippen molar-refractivity contribution < 1.29 is 9.59 Å². The Balaban J connectivity index is 1.37. The number of anilines is 1. The van der Waals surface area contributed by atoms with Crippen molar-refractivity contribution in [2.75, 3.05) is 12.0 Å². The van der Waals surface area contributed by atoms with Crippen LogP contribution in [0.15, 0.2) is 30.4 Å². The maximum Gasteiger partial charge on any atom is 0.235 e. The smallest absolute Gasteiger partial charge is 0.235 e. The third-order valence-electron chi connectivity index (χ3n) is 6.56. The molecule has 24 heavy (non-hydrogen) atoms. The number of nitrogens with zero attached hydrogens (tertiary/aromatic N) is 1. The van der Waals surface area contributed by atoms with Crippen LogP contribution >= 0.6 is 0 Å². The quantitative estimate of drug-likeness (QED) is 0.688. The van der Waals surface area contributed by atoms with E-state index < -0.39 is 0 Å². The molecule has 0 unspecified atom stereocenters. The summed E-state index contributed by atoms with van der Waals surface area (Å²) in [5.41, 5.74) is 3.33. The summed E-state index contributed by atoms with van der Waals surface area (Å²) in [5, 5.41) is 3.29. The topological polar surface area (TPSA) is 49.4 Å². The molecule has 1 aromatic rings. The van der Waals surface area contributed by atoms with Crippen LogP contribution in [0.1, 0.15) is 17.5 Å². The summed E-state index contributed by atoms with van der Waals surface area (Å²) in [6, 6.07) is 6.16. The van der Waals surface area contributed by atoms with Crippen LogP contribution in [0.4, 0.5) is 5.69 Å². The largest absolute Gasteiger partial charge is 0.367 e. The van der Waals surface area contributed by atoms with E-state index in [0.717, 1.165) is 11.3 Å². The zero-order chi connectivity index (χ0) is 16.6. The lowest BCUT2D eigenvalue weighted by molar-refractivity contribution is -0.139. The summed E-state index contributed by atoms with van der Waals surface area (Å²) in [6.45, 7) is 4.38. The Morgan fingerprint density at radius 1 is 1.04 bits per heavy atom. The van der Waals surface area contributed by atoms with Gasteiger partial charge in [-0.1, -0.05) is 29.8 Å². The monoisotopic (exact) mass is 322 g/mol. The summed E-state index contributed by atoms with van der Waals surface area (Å²) < 4.78 is 0. The Bertz CT molecular complexity index is 748. The molecule has 4 aliphatic carbocycles. The van der Waals surface area contributed by atoms with Gasteiger partial charge in [0.25, 0.3) is 0 Å². The molecular weight excluding hydrogens is 300 g/mol. The van der Waals surface area contributed by atoms with Crippen molar-refractivity contribution >= 4 is 17.5 Å². The molecule has 0 spiro atoms. The highest BCUT2D eigenvalue weighted by atomic mass is 16.2. The van der Waals surface area contributed by atoms with E-state index >= 15 is 0 Å². The number of hydrogen-bond acceptors (Lipinski definition) is 3. The fraction of sp³-hybridized carbons (Fsp3) is 0.500. The lowest BCUT2D eigenvalue weighted by Crippen LogP contribution is -2.40. The van der Waals surface area contributed by atoms with Crippen LogP contribution in [-0.2, 0) is 9.59 Å². The summed E-state index contributed by atoms with van der Waals surface area (Å²) in [4.78, 5) is 27.3. The molecule has 1 N–H and O–H groups in total. The number of rotatable bonds is 3. The molecular formula is C20H22N2O2. The number of hydrogen-bond donors (Lipinski definition) is 1. The zero-order valence-corrected chi connectivity index (χ0v) is 14.0. The first-order chi connectivity index (χ1) is 11.6. The average Bonchev–Trinajstić information content (AvgIpc) is 3.33. The molecule has 1 saturated heterocycles. The Hall–Kier alpha value is -2.10. The third-order valence-corrected chi connectivity index (χ3v) is 6.56. The minimum absolute atomic E-state index is 0.0342. The van der Waals surface area contributed by atoms with Crippen molar-refractivity contribution in [3.05, 3.63) is 41.5 Å². The van der Waals surface area contributed by atoms with Crippen LogP contribution in [0.5, 0.6) is 0 Å². The van der Waals surface area contributed by atoms with Crippen LogP contribution in [0.3, 0.4) is 0 Å². The number of aryl methyl sites for hydroxylation is 2. The van der Waals surface area contributed by atoms with Gasteiger partial charge in [0.1, 0.15) is 0 Å². The molecule has 2 bridgehead atoms. The number of amides is 2. The minimum atomic E-state index is -0.0998. The predicted octanol–water partition coefficient (Wildman–Crippen LogP) is 2.73. The standard InChI is InChI=1S/C20H22N2O2/c1-10-3-6-16(11(2)7-10)21-9-22-19(23)17-12-4-5-13(15-8-14(12)15)18(17)20(22)24/h3-7,12-15,17-18,21H,8-9H2,1-2H3/t12-,13-,14-,15-,17-,18+/m0/s1. The van der Waals surface area contributed by atoms with E-state index in [-0.39, 0.29) is 30.3 Å². The lowest BCUT2D eigenvalue weighted by atomic mass is 9.63. The molecule has 124 valence electrons. The van der Waals surface area contributed by atoms with Crippen LogP contribution in [0, 0.1) is 49.4 Å². The molecule has 0 aromatic heterocycles. The van der Waals surface area contributed by atoms with Gasteiger partial charge in [0.2, 0.25) is 11.8 Å². The molecule has 5 aliphatic rings. The molecule has 2 saturated carbocycles. The first kappa shape index (κ1) is 14.3. The maximum absolute atomic E-state index is 12.9. The number of imide groups is 1. The van der Waals surface area contributed by atoms with E-state index in [4.69, 9.17) is 0 Å². The van der Waals surface area contributed by atoms with Crippen molar-refractivity contribution in [2.24, 2.45) is 35.5 Å². The van der Waals surface area contributed by atoms with Gasteiger partial charge in [0, 0.05) is 5.69 Å². The first-order valence-corrected chi connectivity index (χ1v) is 8.91. The summed E-state index contributed by atoms with van der Waals surface area (Å²) in [7, 11) is 0. The Morgan fingerprint density at radius 2 is 1.67 bits per heavy atom. The number of carbonyl (C=O) groups excluding carboxylic acids is 2. The molecule has 4 nitrogen and oxygen atoms in total. The molecule has 1 heterocycles. The van der Waals surface area contributed by atoms with E-state index in [2.05, 4.69) is 30.5 Å².